The molecular weight excluding hydrogens is 556 g/mol. The van der Waals surface area contributed by atoms with Gasteiger partial charge in [-0.1, -0.05) is 102 Å². The van der Waals surface area contributed by atoms with E-state index in [0.717, 1.165) is 42.4 Å². The molecule has 1 N–H and O–H groups in total. The van der Waals surface area contributed by atoms with Crippen LogP contribution in [0.5, 0.6) is 5.75 Å². The van der Waals surface area contributed by atoms with Crippen LogP contribution in [0, 0.1) is 0 Å². The van der Waals surface area contributed by atoms with Crippen LogP contribution >= 0.6 is 28.7 Å². The van der Waals surface area contributed by atoms with Gasteiger partial charge >= 0.3 is 0 Å². The first kappa shape index (κ1) is 32.3. The predicted molar refractivity (Wildman–Crippen MR) is 169 cm³/mol. The third-order valence-corrected chi connectivity index (χ3v) is 7.53. The summed E-state index contributed by atoms with van der Waals surface area (Å²) < 4.78 is 5.97. The van der Waals surface area contributed by atoms with E-state index in [2.05, 4.69) is 40.9 Å². The van der Waals surface area contributed by atoms with Crippen molar-refractivity contribution < 1.29 is 9.53 Å². The number of carbonyl (C=O) groups excluding carboxylic acids is 1. The Hall–Kier alpha value is -1.92. The second kappa shape index (κ2) is 20.0. The van der Waals surface area contributed by atoms with Crippen LogP contribution in [-0.2, 0) is 17.8 Å². The first-order valence-corrected chi connectivity index (χ1v) is 15.4. The quantitative estimate of drug-likeness (QED) is 0.162. The van der Waals surface area contributed by atoms with Crippen LogP contribution in [0.4, 0.5) is 5.69 Å². The van der Waals surface area contributed by atoms with Gasteiger partial charge in [-0.2, -0.15) is 0 Å². The lowest BCUT2D eigenvalue weighted by atomic mass is 10.1. The van der Waals surface area contributed by atoms with Gasteiger partial charge in [-0.05, 0) is 47.2 Å². The summed E-state index contributed by atoms with van der Waals surface area (Å²) in [5.41, 5.74) is 3.01. The Morgan fingerprint density at radius 1 is 0.868 bits per heavy atom. The zero-order valence-electron chi connectivity index (χ0n) is 23.2. The average Bonchev–Trinajstić information content (AvgIpc) is 3.40. The normalized spacial score (nSPS) is 12.4. The predicted octanol–water partition coefficient (Wildman–Crippen LogP) is 9.50. The minimum atomic E-state index is -0.00752. The summed E-state index contributed by atoms with van der Waals surface area (Å²) in [4.78, 5) is 14.9. The minimum Gasteiger partial charge on any atom is -0.494 e. The van der Waals surface area contributed by atoms with Crippen molar-refractivity contribution in [3.63, 3.8) is 0 Å². The van der Waals surface area contributed by atoms with Crippen molar-refractivity contribution in [2.75, 3.05) is 17.8 Å². The molecule has 1 heterocycles. The number of unbranched alkanes of at least 4 members (excludes halogenated alkanes) is 11. The molecule has 0 saturated heterocycles. The van der Waals surface area contributed by atoms with Gasteiger partial charge in [-0.3, -0.25) is 4.79 Å². The molecule has 1 aliphatic rings. The van der Waals surface area contributed by atoms with Crippen molar-refractivity contribution in [1.82, 2.24) is 4.90 Å². The number of carbonyl (C=O) groups is 1. The molecule has 0 atom stereocenters. The number of rotatable bonds is 19. The van der Waals surface area contributed by atoms with E-state index < -0.39 is 0 Å². The Labute approximate surface area is 245 Å². The summed E-state index contributed by atoms with van der Waals surface area (Å²) >= 11 is 1.80. The van der Waals surface area contributed by atoms with E-state index in [1.807, 2.05) is 36.4 Å². The number of amides is 1. The van der Waals surface area contributed by atoms with Gasteiger partial charge in [-0.15, -0.1) is 28.7 Å². The molecule has 4 nitrogen and oxygen atoms in total. The summed E-state index contributed by atoms with van der Waals surface area (Å²) in [6.45, 7) is 3.87. The van der Waals surface area contributed by atoms with E-state index in [9.17, 15) is 4.79 Å². The van der Waals surface area contributed by atoms with Gasteiger partial charge in [0.05, 0.1) is 18.9 Å². The maximum Gasteiger partial charge on any atom is 0.228 e. The minimum absolute atomic E-state index is 0. The van der Waals surface area contributed by atoms with Crippen molar-refractivity contribution in [3.8, 4) is 5.75 Å². The summed E-state index contributed by atoms with van der Waals surface area (Å²) in [6, 6.07) is 16.1. The van der Waals surface area contributed by atoms with E-state index >= 15 is 0 Å². The number of halogens is 1. The molecule has 38 heavy (non-hydrogen) atoms. The monoisotopic (exact) mass is 602 g/mol. The van der Waals surface area contributed by atoms with Gasteiger partial charge < -0.3 is 15.0 Å². The van der Waals surface area contributed by atoms with Crippen molar-refractivity contribution in [2.45, 2.75) is 96.9 Å². The van der Waals surface area contributed by atoms with Crippen LogP contribution in [0.1, 0.15) is 95.1 Å². The lowest BCUT2D eigenvalue weighted by Crippen LogP contribution is -2.15. The highest BCUT2D eigenvalue weighted by Crippen LogP contribution is 2.20. The van der Waals surface area contributed by atoms with Gasteiger partial charge in [0, 0.05) is 18.4 Å². The Morgan fingerprint density at radius 3 is 2.21 bits per heavy atom. The maximum atomic E-state index is 12.7. The average molecular weight is 604 g/mol. The highest BCUT2D eigenvalue weighted by molar-refractivity contribution is 8.93. The zero-order chi connectivity index (χ0) is 26.0. The number of hydrogen-bond donors (Lipinski definition) is 1. The number of thioether (sulfide) groups is 1. The number of hydrogen-bond acceptors (Lipinski definition) is 4. The number of nitrogens with zero attached hydrogens (tertiary/aromatic N) is 1. The fourth-order valence-electron chi connectivity index (χ4n) is 4.66. The molecule has 0 unspecified atom stereocenters. The van der Waals surface area contributed by atoms with Gasteiger partial charge in [0.2, 0.25) is 5.91 Å². The number of benzene rings is 2. The third kappa shape index (κ3) is 13.7. The Balaban J connectivity index is 0.00000507. The molecule has 3 rings (SSSR count). The number of nitrogens with one attached hydrogen (secondary N) is 1. The fourth-order valence-corrected chi connectivity index (χ4v) is 5.37. The second-order valence-corrected chi connectivity index (χ2v) is 11.0. The van der Waals surface area contributed by atoms with Gasteiger partial charge in [0.1, 0.15) is 5.75 Å². The molecule has 0 spiro atoms. The summed E-state index contributed by atoms with van der Waals surface area (Å²) in [6.07, 6.45) is 18.6. The van der Waals surface area contributed by atoms with E-state index in [-0.39, 0.29) is 22.9 Å². The first-order valence-electron chi connectivity index (χ1n) is 14.4. The van der Waals surface area contributed by atoms with E-state index in [1.165, 1.54) is 76.2 Å². The fraction of sp³-hybridized carbons (Fsp3) is 0.531. The van der Waals surface area contributed by atoms with Crippen molar-refractivity contribution in [1.29, 1.82) is 0 Å². The molecular formula is C32H47BrN2O2S. The topological polar surface area (TPSA) is 41.6 Å². The molecule has 2 aromatic carbocycles. The van der Waals surface area contributed by atoms with Crippen molar-refractivity contribution in [2.24, 2.45) is 0 Å². The smallest absolute Gasteiger partial charge is 0.228 e. The molecule has 1 aliphatic heterocycles. The van der Waals surface area contributed by atoms with Crippen molar-refractivity contribution in [3.05, 3.63) is 71.3 Å². The summed E-state index contributed by atoms with van der Waals surface area (Å²) in [5, 5.41) is 5.16. The standard InChI is InChI=1S/C32H46N2O2S.BrH/c1-2-3-4-5-6-7-8-9-10-11-12-13-21-36-31-19-15-16-28(24-31)25-32(35)33-30-18-14-17-29(23-30)26-34-20-22-37-27-34;/h14-20,22-24H,2-13,21,25-27H2,1H3,(H,33,35);1H. The molecule has 0 aromatic heterocycles. The largest absolute Gasteiger partial charge is 0.494 e. The highest BCUT2D eigenvalue weighted by Gasteiger charge is 2.09. The summed E-state index contributed by atoms with van der Waals surface area (Å²) in [5.74, 6) is 1.83. The van der Waals surface area contributed by atoms with Crippen LogP contribution in [0.15, 0.2) is 60.1 Å². The lowest BCUT2D eigenvalue weighted by Gasteiger charge is -2.15. The molecule has 0 bridgehead atoms. The Kier molecular flexibility index (Phi) is 17.0. The van der Waals surface area contributed by atoms with Gasteiger partial charge in [0.25, 0.3) is 0 Å². The van der Waals surface area contributed by atoms with Crippen LogP contribution in [0.3, 0.4) is 0 Å². The number of anilines is 1. The maximum absolute atomic E-state index is 12.7. The third-order valence-electron chi connectivity index (χ3n) is 6.73. The highest BCUT2D eigenvalue weighted by atomic mass is 79.9. The van der Waals surface area contributed by atoms with Gasteiger partial charge in [0.15, 0.2) is 0 Å². The molecule has 1 amide bonds. The van der Waals surface area contributed by atoms with Crippen LogP contribution < -0.4 is 10.1 Å². The molecule has 2 aromatic rings. The van der Waals surface area contributed by atoms with Gasteiger partial charge in [-0.25, -0.2) is 0 Å². The molecule has 0 saturated carbocycles. The lowest BCUT2D eigenvalue weighted by molar-refractivity contribution is -0.115. The summed E-state index contributed by atoms with van der Waals surface area (Å²) in [7, 11) is 0. The van der Waals surface area contributed by atoms with E-state index in [0.29, 0.717) is 6.42 Å². The van der Waals surface area contributed by atoms with Crippen LogP contribution in [-0.4, -0.2) is 23.3 Å². The SMILES string of the molecule is Br.CCCCCCCCCCCCCCOc1cccc(CC(=O)Nc2cccc(CN3C=CSC3)c2)c1. The first-order chi connectivity index (χ1) is 18.2. The van der Waals surface area contributed by atoms with Crippen LogP contribution in [0.25, 0.3) is 0 Å². The molecule has 0 aliphatic carbocycles. The zero-order valence-corrected chi connectivity index (χ0v) is 25.7. The van der Waals surface area contributed by atoms with E-state index in [4.69, 9.17) is 4.74 Å². The second-order valence-electron chi connectivity index (χ2n) is 10.1. The number of ether oxygens (including phenoxy) is 1. The van der Waals surface area contributed by atoms with Crippen molar-refractivity contribution >= 4 is 40.3 Å². The molecule has 6 heteroatoms. The molecule has 210 valence electrons. The van der Waals surface area contributed by atoms with Crippen LogP contribution in [0.2, 0.25) is 0 Å². The Morgan fingerprint density at radius 2 is 1.53 bits per heavy atom. The molecule has 0 radical (unpaired) electrons. The van der Waals surface area contributed by atoms with E-state index in [1.54, 1.807) is 11.8 Å². The molecule has 0 fully saturated rings. The Bertz CT molecular complexity index is 953.